The minimum absolute atomic E-state index is 0.242. The molecule has 0 saturated carbocycles. The number of nitrogens with zero attached hydrogens (tertiary/aromatic N) is 2. The number of halogens is 2. The SMILES string of the molecule is CC(C)c1cnc2[nH]cc(CC(F)F)c2n1. The zero-order valence-electron chi connectivity index (χ0n) is 9.17. The molecule has 0 unspecified atom stereocenters. The second-order valence-corrected chi connectivity index (χ2v) is 4.06. The minimum atomic E-state index is -2.36. The average molecular weight is 225 g/mol. The Morgan fingerprint density at radius 2 is 2.12 bits per heavy atom. The highest BCUT2D eigenvalue weighted by Crippen LogP contribution is 2.20. The van der Waals surface area contributed by atoms with E-state index in [0.29, 0.717) is 16.7 Å². The van der Waals surface area contributed by atoms with E-state index < -0.39 is 6.43 Å². The first kappa shape index (κ1) is 11.0. The van der Waals surface area contributed by atoms with Gasteiger partial charge in [0, 0.05) is 18.2 Å². The second kappa shape index (κ2) is 4.15. The molecule has 2 rings (SSSR count). The van der Waals surface area contributed by atoms with Crippen LogP contribution in [0.5, 0.6) is 0 Å². The van der Waals surface area contributed by atoms with Gasteiger partial charge < -0.3 is 4.98 Å². The molecule has 0 fully saturated rings. The van der Waals surface area contributed by atoms with Crippen molar-refractivity contribution in [2.45, 2.75) is 32.6 Å². The predicted molar refractivity (Wildman–Crippen MR) is 57.7 cm³/mol. The van der Waals surface area contributed by atoms with Crippen molar-refractivity contribution in [3.05, 3.63) is 23.7 Å². The summed E-state index contributed by atoms with van der Waals surface area (Å²) in [4.78, 5) is 11.4. The molecule has 0 saturated heterocycles. The third-order valence-corrected chi connectivity index (χ3v) is 2.44. The number of hydrogen-bond acceptors (Lipinski definition) is 2. The molecule has 1 N–H and O–H groups in total. The lowest BCUT2D eigenvalue weighted by Crippen LogP contribution is -1.98. The molecule has 2 aromatic rings. The summed E-state index contributed by atoms with van der Waals surface area (Å²) in [7, 11) is 0. The van der Waals surface area contributed by atoms with Crippen molar-refractivity contribution in [3.63, 3.8) is 0 Å². The molecular formula is C11H13F2N3. The van der Waals surface area contributed by atoms with Crippen molar-refractivity contribution in [2.24, 2.45) is 0 Å². The number of H-pyrrole nitrogens is 1. The first-order valence-corrected chi connectivity index (χ1v) is 5.19. The van der Waals surface area contributed by atoms with Crippen LogP contribution in [0, 0.1) is 0 Å². The highest BCUT2D eigenvalue weighted by molar-refractivity contribution is 5.75. The molecule has 0 amide bonds. The molecule has 0 radical (unpaired) electrons. The van der Waals surface area contributed by atoms with Crippen LogP contribution in [0.3, 0.4) is 0 Å². The van der Waals surface area contributed by atoms with Crippen LogP contribution < -0.4 is 0 Å². The lowest BCUT2D eigenvalue weighted by Gasteiger charge is -2.04. The van der Waals surface area contributed by atoms with E-state index in [1.165, 1.54) is 0 Å². The number of aromatic amines is 1. The fourth-order valence-electron chi connectivity index (χ4n) is 1.56. The molecule has 16 heavy (non-hydrogen) atoms. The summed E-state index contributed by atoms with van der Waals surface area (Å²) < 4.78 is 24.6. The van der Waals surface area contributed by atoms with Crippen LogP contribution in [-0.4, -0.2) is 21.4 Å². The monoisotopic (exact) mass is 225 g/mol. The molecule has 3 nitrogen and oxygen atoms in total. The summed E-state index contributed by atoms with van der Waals surface area (Å²) in [5.74, 6) is 0.242. The van der Waals surface area contributed by atoms with Crippen LogP contribution >= 0.6 is 0 Å². The van der Waals surface area contributed by atoms with Crippen molar-refractivity contribution in [3.8, 4) is 0 Å². The molecule has 0 aliphatic rings. The molecule has 0 aliphatic heterocycles. The van der Waals surface area contributed by atoms with Gasteiger partial charge in [-0.15, -0.1) is 0 Å². The van der Waals surface area contributed by atoms with Crippen molar-refractivity contribution in [1.29, 1.82) is 0 Å². The summed E-state index contributed by atoms with van der Waals surface area (Å²) in [5.41, 5.74) is 2.48. The van der Waals surface area contributed by atoms with Gasteiger partial charge in [-0.2, -0.15) is 0 Å². The quantitative estimate of drug-likeness (QED) is 0.872. The molecule has 0 atom stereocenters. The molecule has 0 bridgehead atoms. The number of rotatable bonds is 3. The highest BCUT2D eigenvalue weighted by Gasteiger charge is 2.13. The first-order chi connectivity index (χ1) is 7.58. The second-order valence-electron chi connectivity index (χ2n) is 4.06. The fraction of sp³-hybridized carbons (Fsp3) is 0.455. The van der Waals surface area contributed by atoms with Gasteiger partial charge in [0.15, 0.2) is 5.65 Å². The van der Waals surface area contributed by atoms with Crippen LogP contribution in [0.4, 0.5) is 8.78 Å². The first-order valence-electron chi connectivity index (χ1n) is 5.19. The van der Waals surface area contributed by atoms with E-state index in [2.05, 4.69) is 15.0 Å². The van der Waals surface area contributed by atoms with Crippen LogP contribution in [-0.2, 0) is 6.42 Å². The standard InChI is InChI=1S/C11H13F2N3/c1-6(2)8-5-15-11-10(16-8)7(4-14-11)3-9(12)13/h4-6,9H,3H2,1-2H3,(H,14,15). The van der Waals surface area contributed by atoms with E-state index in [4.69, 9.17) is 0 Å². The van der Waals surface area contributed by atoms with Gasteiger partial charge in [0.2, 0.25) is 6.43 Å². The maximum Gasteiger partial charge on any atom is 0.242 e. The molecule has 5 heteroatoms. The Kier molecular flexibility index (Phi) is 2.85. The van der Waals surface area contributed by atoms with E-state index in [-0.39, 0.29) is 12.3 Å². The number of hydrogen-bond donors (Lipinski definition) is 1. The lowest BCUT2D eigenvalue weighted by atomic mass is 10.1. The number of nitrogens with one attached hydrogen (secondary N) is 1. The van der Waals surface area contributed by atoms with Crippen molar-refractivity contribution < 1.29 is 8.78 Å². The fourth-order valence-corrected chi connectivity index (χ4v) is 1.56. The molecule has 0 aliphatic carbocycles. The van der Waals surface area contributed by atoms with E-state index in [1.54, 1.807) is 12.4 Å². The summed E-state index contributed by atoms with van der Waals surface area (Å²) >= 11 is 0. The van der Waals surface area contributed by atoms with Crippen LogP contribution in [0.25, 0.3) is 11.2 Å². The Bertz CT molecular complexity index is 491. The molecule has 2 aromatic heterocycles. The van der Waals surface area contributed by atoms with Gasteiger partial charge in [-0.05, 0) is 5.92 Å². The van der Waals surface area contributed by atoms with E-state index >= 15 is 0 Å². The lowest BCUT2D eigenvalue weighted by molar-refractivity contribution is 0.149. The minimum Gasteiger partial charge on any atom is -0.345 e. The van der Waals surface area contributed by atoms with Crippen molar-refractivity contribution in [2.75, 3.05) is 0 Å². The normalized spacial score (nSPS) is 11.9. The van der Waals surface area contributed by atoms with Crippen molar-refractivity contribution in [1.82, 2.24) is 15.0 Å². The van der Waals surface area contributed by atoms with Crippen LogP contribution in [0.1, 0.15) is 31.0 Å². The summed E-state index contributed by atoms with van der Waals surface area (Å²) in [6, 6.07) is 0. The highest BCUT2D eigenvalue weighted by atomic mass is 19.3. The van der Waals surface area contributed by atoms with E-state index in [9.17, 15) is 8.78 Å². The summed E-state index contributed by atoms with van der Waals surface area (Å²) in [6.45, 7) is 3.99. The Hall–Kier alpha value is -1.52. The van der Waals surface area contributed by atoms with Crippen molar-refractivity contribution >= 4 is 11.2 Å². The molecule has 86 valence electrons. The summed E-state index contributed by atoms with van der Waals surface area (Å²) in [6.07, 6.45) is 0.593. The number of aromatic nitrogens is 3. The topological polar surface area (TPSA) is 41.6 Å². The van der Waals surface area contributed by atoms with Gasteiger partial charge in [-0.3, -0.25) is 0 Å². The Morgan fingerprint density at radius 1 is 1.38 bits per heavy atom. The Morgan fingerprint density at radius 3 is 2.75 bits per heavy atom. The van der Waals surface area contributed by atoms with Gasteiger partial charge in [-0.25, -0.2) is 18.7 Å². The third kappa shape index (κ3) is 2.03. The van der Waals surface area contributed by atoms with Crippen LogP contribution in [0.15, 0.2) is 12.4 Å². The van der Waals surface area contributed by atoms with E-state index in [1.807, 2.05) is 13.8 Å². The Labute approximate surface area is 91.9 Å². The molecule has 0 spiro atoms. The zero-order chi connectivity index (χ0) is 11.7. The largest absolute Gasteiger partial charge is 0.345 e. The third-order valence-electron chi connectivity index (χ3n) is 2.44. The predicted octanol–water partition coefficient (Wildman–Crippen LogP) is 2.89. The molecule has 0 aromatic carbocycles. The molecule has 2 heterocycles. The van der Waals surface area contributed by atoms with Crippen LogP contribution in [0.2, 0.25) is 0 Å². The van der Waals surface area contributed by atoms with Gasteiger partial charge in [0.25, 0.3) is 0 Å². The van der Waals surface area contributed by atoms with Gasteiger partial charge in [-0.1, -0.05) is 13.8 Å². The number of fused-ring (bicyclic) bond motifs is 1. The Balaban J connectivity index is 2.47. The maximum atomic E-state index is 12.3. The zero-order valence-corrected chi connectivity index (χ0v) is 9.17. The smallest absolute Gasteiger partial charge is 0.242 e. The van der Waals surface area contributed by atoms with Gasteiger partial charge >= 0.3 is 0 Å². The summed E-state index contributed by atoms with van der Waals surface area (Å²) in [5, 5.41) is 0. The van der Waals surface area contributed by atoms with Gasteiger partial charge in [0.1, 0.15) is 5.52 Å². The van der Waals surface area contributed by atoms with Gasteiger partial charge in [0.05, 0.1) is 11.9 Å². The average Bonchev–Trinajstić information content (AvgIpc) is 2.60. The maximum absolute atomic E-state index is 12.3. The number of alkyl halides is 2. The van der Waals surface area contributed by atoms with E-state index in [0.717, 1.165) is 5.69 Å². The molecular weight excluding hydrogens is 212 g/mol.